The Morgan fingerprint density at radius 3 is 2.82 bits per heavy atom. The van der Waals surface area contributed by atoms with Crippen molar-refractivity contribution in [1.29, 1.82) is 0 Å². The van der Waals surface area contributed by atoms with Crippen LogP contribution in [0, 0.1) is 0 Å². The van der Waals surface area contributed by atoms with Gasteiger partial charge in [0.15, 0.2) is 6.29 Å². The molecule has 0 saturated carbocycles. The number of aromatic nitrogens is 1. The molecule has 0 atom stereocenters. The normalized spacial score (nSPS) is 17.2. The van der Waals surface area contributed by atoms with Crippen LogP contribution < -0.4 is 0 Å². The van der Waals surface area contributed by atoms with Crippen LogP contribution in [0.25, 0.3) is 17.0 Å². The summed E-state index contributed by atoms with van der Waals surface area (Å²) in [6, 6.07) is 10.1. The maximum atomic E-state index is 5.36. The molecule has 3 nitrogen and oxygen atoms in total. The van der Waals surface area contributed by atoms with Gasteiger partial charge < -0.3 is 9.47 Å². The lowest BCUT2D eigenvalue weighted by molar-refractivity contribution is -0.000904. The molecule has 1 aliphatic heterocycles. The van der Waals surface area contributed by atoms with E-state index in [-0.39, 0.29) is 6.29 Å². The molecule has 0 spiro atoms. The van der Waals surface area contributed by atoms with Crippen LogP contribution in [-0.4, -0.2) is 24.5 Å². The Balaban J connectivity index is 1.94. The number of ether oxygens (including phenoxy) is 2. The first-order chi connectivity index (χ1) is 8.43. The lowest BCUT2D eigenvalue weighted by Gasteiger charge is -2.03. The molecule has 2 aromatic rings. The van der Waals surface area contributed by atoms with Gasteiger partial charge in [-0.3, -0.25) is 4.98 Å². The van der Waals surface area contributed by atoms with Crippen molar-refractivity contribution >= 4 is 17.0 Å². The number of hydrogen-bond acceptors (Lipinski definition) is 3. The van der Waals surface area contributed by atoms with E-state index in [4.69, 9.17) is 9.47 Å². The molecule has 2 heterocycles. The van der Waals surface area contributed by atoms with Crippen molar-refractivity contribution in [3.8, 4) is 0 Å². The van der Waals surface area contributed by atoms with Gasteiger partial charge in [0.25, 0.3) is 0 Å². The van der Waals surface area contributed by atoms with Crippen LogP contribution in [0.2, 0.25) is 0 Å². The fourth-order valence-electron chi connectivity index (χ4n) is 1.93. The Hall–Kier alpha value is -1.71. The summed E-state index contributed by atoms with van der Waals surface area (Å²) in [5.74, 6) is 0. The Labute approximate surface area is 99.7 Å². The topological polar surface area (TPSA) is 31.4 Å². The van der Waals surface area contributed by atoms with E-state index in [9.17, 15) is 0 Å². The van der Waals surface area contributed by atoms with Crippen molar-refractivity contribution in [2.45, 2.75) is 6.29 Å². The summed E-state index contributed by atoms with van der Waals surface area (Å²) < 4.78 is 10.7. The van der Waals surface area contributed by atoms with Crippen LogP contribution in [0.4, 0.5) is 0 Å². The van der Waals surface area contributed by atoms with E-state index in [0.717, 1.165) is 16.5 Å². The highest BCUT2D eigenvalue weighted by Crippen LogP contribution is 2.18. The fourth-order valence-corrected chi connectivity index (χ4v) is 1.93. The van der Waals surface area contributed by atoms with Gasteiger partial charge in [0.2, 0.25) is 0 Å². The summed E-state index contributed by atoms with van der Waals surface area (Å²) >= 11 is 0. The largest absolute Gasteiger partial charge is 0.347 e. The van der Waals surface area contributed by atoms with Gasteiger partial charge in [-0.25, -0.2) is 0 Å². The summed E-state index contributed by atoms with van der Waals surface area (Å²) in [4.78, 5) is 4.33. The molecule has 1 aromatic heterocycles. The third kappa shape index (κ3) is 2.20. The average Bonchev–Trinajstić information content (AvgIpc) is 2.89. The molecule has 1 saturated heterocycles. The van der Waals surface area contributed by atoms with Crippen molar-refractivity contribution in [3.05, 3.63) is 48.2 Å². The van der Waals surface area contributed by atoms with Crippen LogP contribution in [-0.2, 0) is 9.47 Å². The molecule has 3 rings (SSSR count). The predicted molar refractivity (Wildman–Crippen MR) is 66.5 cm³/mol. The molecular weight excluding hydrogens is 214 g/mol. The number of para-hydroxylation sites is 1. The van der Waals surface area contributed by atoms with Crippen LogP contribution in [0.15, 0.2) is 42.6 Å². The highest BCUT2D eigenvalue weighted by molar-refractivity contribution is 5.87. The highest BCUT2D eigenvalue weighted by Gasteiger charge is 2.11. The summed E-state index contributed by atoms with van der Waals surface area (Å²) in [6.07, 6.45) is 5.58. The molecule has 0 radical (unpaired) electrons. The Morgan fingerprint density at radius 1 is 1.12 bits per heavy atom. The molecule has 0 unspecified atom stereocenters. The molecule has 1 fully saturated rings. The van der Waals surface area contributed by atoms with Gasteiger partial charge in [-0.1, -0.05) is 24.3 Å². The lowest BCUT2D eigenvalue weighted by Crippen LogP contribution is -2.01. The summed E-state index contributed by atoms with van der Waals surface area (Å²) in [5, 5.41) is 1.14. The molecule has 0 N–H and O–H groups in total. The van der Waals surface area contributed by atoms with E-state index in [1.165, 1.54) is 0 Å². The standard InChI is InChI=1S/C14H13NO2/c1-2-4-13-12(3-1)11(7-8-15-13)5-6-14-16-9-10-17-14/h1-8,14H,9-10H2. The Morgan fingerprint density at radius 2 is 1.94 bits per heavy atom. The minimum absolute atomic E-state index is 0.207. The van der Waals surface area contributed by atoms with Crippen LogP contribution >= 0.6 is 0 Å². The van der Waals surface area contributed by atoms with Crippen molar-refractivity contribution in [3.63, 3.8) is 0 Å². The molecule has 0 amide bonds. The average molecular weight is 227 g/mol. The highest BCUT2D eigenvalue weighted by atomic mass is 16.7. The minimum atomic E-state index is -0.207. The second-order valence-corrected chi connectivity index (χ2v) is 3.89. The van der Waals surface area contributed by atoms with Gasteiger partial charge >= 0.3 is 0 Å². The smallest absolute Gasteiger partial charge is 0.177 e. The zero-order valence-electron chi connectivity index (χ0n) is 9.37. The zero-order chi connectivity index (χ0) is 11.5. The Bertz CT molecular complexity index is 539. The van der Waals surface area contributed by atoms with Crippen LogP contribution in [0.5, 0.6) is 0 Å². The number of fused-ring (bicyclic) bond motifs is 1. The second kappa shape index (κ2) is 4.65. The third-order valence-electron chi connectivity index (χ3n) is 2.76. The first-order valence-corrected chi connectivity index (χ1v) is 5.69. The number of nitrogens with zero attached hydrogens (tertiary/aromatic N) is 1. The van der Waals surface area contributed by atoms with Gasteiger partial charge in [0, 0.05) is 11.6 Å². The maximum absolute atomic E-state index is 5.36. The molecule has 0 bridgehead atoms. The zero-order valence-corrected chi connectivity index (χ0v) is 9.37. The molecule has 3 heteroatoms. The van der Waals surface area contributed by atoms with E-state index in [0.29, 0.717) is 13.2 Å². The van der Waals surface area contributed by atoms with E-state index < -0.39 is 0 Å². The van der Waals surface area contributed by atoms with Crippen molar-refractivity contribution in [2.24, 2.45) is 0 Å². The maximum Gasteiger partial charge on any atom is 0.177 e. The van der Waals surface area contributed by atoms with E-state index in [2.05, 4.69) is 11.1 Å². The fraction of sp³-hybridized carbons (Fsp3) is 0.214. The van der Waals surface area contributed by atoms with Crippen molar-refractivity contribution < 1.29 is 9.47 Å². The molecular formula is C14H13NO2. The van der Waals surface area contributed by atoms with Crippen LogP contribution in [0.1, 0.15) is 5.56 Å². The van der Waals surface area contributed by atoms with Gasteiger partial charge in [-0.05, 0) is 23.8 Å². The molecule has 1 aromatic carbocycles. The van der Waals surface area contributed by atoms with Gasteiger partial charge in [-0.2, -0.15) is 0 Å². The van der Waals surface area contributed by atoms with Gasteiger partial charge in [-0.15, -0.1) is 0 Å². The first kappa shape index (κ1) is 10.4. The Kier molecular flexibility index (Phi) is 2.86. The van der Waals surface area contributed by atoms with E-state index >= 15 is 0 Å². The monoisotopic (exact) mass is 227 g/mol. The predicted octanol–water partition coefficient (Wildman–Crippen LogP) is 2.62. The molecule has 1 aliphatic rings. The second-order valence-electron chi connectivity index (χ2n) is 3.89. The summed E-state index contributed by atoms with van der Waals surface area (Å²) in [7, 11) is 0. The lowest BCUT2D eigenvalue weighted by atomic mass is 10.1. The van der Waals surface area contributed by atoms with E-state index in [1.807, 2.05) is 42.6 Å². The number of pyridine rings is 1. The first-order valence-electron chi connectivity index (χ1n) is 5.69. The summed E-state index contributed by atoms with van der Waals surface area (Å²) in [6.45, 7) is 1.35. The number of rotatable bonds is 2. The SMILES string of the molecule is C(=CC1OCCO1)c1ccnc2ccccc12. The van der Waals surface area contributed by atoms with Crippen LogP contribution in [0.3, 0.4) is 0 Å². The molecule has 86 valence electrons. The van der Waals surface area contributed by atoms with E-state index in [1.54, 1.807) is 0 Å². The number of hydrogen-bond donors (Lipinski definition) is 0. The molecule has 17 heavy (non-hydrogen) atoms. The minimum Gasteiger partial charge on any atom is -0.347 e. The number of benzene rings is 1. The quantitative estimate of drug-likeness (QED) is 0.790. The van der Waals surface area contributed by atoms with Crippen molar-refractivity contribution in [1.82, 2.24) is 4.98 Å². The summed E-state index contributed by atoms with van der Waals surface area (Å²) in [5.41, 5.74) is 2.14. The molecule has 0 aliphatic carbocycles. The van der Waals surface area contributed by atoms with Crippen molar-refractivity contribution in [2.75, 3.05) is 13.2 Å². The third-order valence-corrected chi connectivity index (χ3v) is 2.76. The van der Waals surface area contributed by atoms with Gasteiger partial charge in [0.1, 0.15) is 0 Å². The van der Waals surface area contributed by atoms with Gasteiger partial charge in [0.05, 0.1) is 18.7 Å².